The SMILES string of the molecule is CC(CO)C(C)NCc1cc(F)cc(Br)c1. The number of nitrogens with one attached hydrogen (secondary N) is 1. The Balaban J connectivity index is 2.54. The van der Waals surface area contributed by atoms with Crippen LogP contribution in [0.5, 0.6) is 0 Å². The maximum atomic E-state index is 13.1. The van der Waals surface area contributed by atoms with Gasteiger partial charge in [0.05, 0.1) is 0 Å². The summed E-state index contributed by atoms with van der Waals surface area (Å²) < 4.78 is 13.8. The van der Waals surface area contributed by atoms with E-state index < -0.39 is 0 Å². The molecule has 0 aliphatic rings. The Labute approximate surface area is 104 Å². The zero-order valence-corrected chi connectivity index (χ0v) is 11.1. The lowest BCUT2D eigenvalue weighted by atomic mass is 10.0. The molecule has 0 fully saturated rings. The van der Waals surface area contributed by atoms with Crippen LogP contribution >= 0.6 is 15.9 Å². The first-order valence-corrected chi connectivity index (χ1v) is 6.11. The molecular weight excluding hydrogens is 273 g/mol. The maximum Gasteiger partial charge on any atom is 0.124 e. The Morgan fingerprint density at radius 2 is 2.06 bits per heavy atom. The quantitative estimate of drug-likeness (QED) is 0.874. The molecule has 4 heteroatoms. The van der Waals surface area contributed by atoms with Crippen LogP contribution in [0.25, 0.3) is 0 Å². The van der Waals surface area contributed by atoms with E-state index in [0.29, 0.717) is 6.54 Å². The monoisotopic (exact) mass is 289 g/mol. The fraction of sp³-hybridized carbons (Fsp3) is 0.500. The summed E-state index contributed by atoms with van der Waals surface area (Å²) in [5.74, 6) is -0.0500. The predicted octanol–water partition coefficient (Wildman–Crippen LogP) is 2.69. The van der Waals surface area contributed by atoms with E-state index >= 15 is 0 Å². The van der Waals surface area contributed by atoms with E-state index in [-0.39, 0.29) is 24.4 Å². The lowest BCUT2D eigenvalue weighted by Gasteiger charge is -2.19. The molecule has 0 saturated heterocycles. The minimum atomic E-state index is -0.242. The minimum Gasteiger partial charge on any atom is -0.396 e. The first-order valence-electron chi connectivity index (χ1n) is 5.32. The molecule has 0 bridgehead atoms. The fourth-order valence-corrected chi connectivity index (χ4v) is 1.86. The van der Waals surface area contributed by atoms with Crippen LogP contribution in [0.15, 0.2) is 22.7 Å². The topological polar surface area (TPSA) is 32.3 Å². The van der Waals surface area contributed by atoms with Crippen molar-refractivity contribution >= 4 is 15.9 Å². The Kier molecular flexibility index (Phi) is 5.38. The third-order valence-corrected chi connectivity index (χ3v) is 3.15. The van der Waals surface area contributed by atoms with Gasteiger partial charge in [-0.15, -0.1) is 0 Å². The van der Waals surface area contributed by atoms with Crippen LogP contribution in [0.3, 0.4) is 0 Å². The molecule has 0 aliphatic heterocycles. The van der Waals surface area contributed by atoms with E-state index in [1.54, 1.807) is 0 Å². The van der Waals surface area contributed by atoms with Gasteiger partial charge in [-0.2, -0.15) is 0 Å². The van der Waals surface area contributed by atoms with Crippen molar-refractivity contribution < 1.29 is 9.50 Å². The van der Waals surface area contributed by atoms with E-state index in [0.717, 1.165) is 10.0 Å². The zero-order valence-electron chi connectivity index (χ0n) is 9.50. The van der Waals surface area contributed by atoms with Crippen LogP contribution in [0.1, 0.15) is 19.4 Å². The minimum absolute atomic E-state index is 0.154. The molecule has 1 rings (SSSR count). The van der Waals surface area contributed by atoms with Crippen LogP contribution in [0.4, 0.5) is 4.39 Å². The highest BCUT2D eigenvalue weighted by molar-refractivity contribution is 9.10. The van der Waals surface area contributed by atoms with Gasteiger partial charge >= 0.3 is 0 Å². The smallest absolute Gasteiger partial charge is 0.124 e. The summed E-state index contributed by atoms with van der Waals surface area (Å²) in [5.41, 5.74) is 0.892. The van der Waals surface area contributed by atoms with Crippen LogP contribution in [-0.4, -0.2) is 17.8 Å². The number of aliphatic hydroxyl groups is 1. The van der Waals surface area contributed by atoms with Crippen molar-refractivity contribution in [3.05, 3.63) is 34.1 Å². The van der Waals surface area contributed by atoms with Gasteiger partial charge in [-0.3, -0.25) is 0 Å². The Morgan fingerprint density at radius 1 is 1.38 bits per heavy atom. The number of halogens is 2. The molecule has 2 unspecified atom stereocenters. The van der Waals surface area contributed by atoms with Crippen molar-refractivity contribution in [2.24, 2.45) is 5.92 Å². The van der Waals surface area contributed by atoms with Gasteiger partial charge < -0.3 is 10.4 Å². The van der Waals surface area contributed by atoms with Crippen molar-refractivity contribution in [3.8, 4) is 0 Å². The summed E-state index contributed by atoms with van der Waals surface area (Å²) in [6.45, 7) is 4.73. The second-order valence-corrected chi connectivity index (χ2v) is 5.02. The Hall–Kier alpha value is -0.450. The second-order valence-electron chi connectivity index (χ2n) is 4.11. The van der Waals surface area contributed by atoms with Gasteiger partial charge in [-0.05, 0) is 36.6 Å². The molecule has 90 valence electrons. The maximum absolute atomic E-state index is 13.1. The van der Waals surface area contributed by atoms with E-state index in [1.807, 2.05) is 19.9 Å². The molecule has 1 aromatic rings. The van der Waals surface area contributed by atoms with Crippen molar-refractivity contribution in [2.45, 2.75) is 26.4 Å². The average Bonchev–Trinajstić information content (AvgIpc) is 2.23. The molecule has 2 nitrogen and oxygen atoms in total. The summed E-state index contributed by atoms with van der Waals surface area (Å²) >= 11 is 3.25. The Morgan fingerprint density at radius 3 is 2.62 bits per heavy atom. The standard InChI is InChI=1S/C12H17BrFNO/c1-8(7-16)9(2)15-6-10-3-11(13)5-12(14)4-10/h3-5,8-9,15-16H,6-7H2,1-2H3. The van der Waals surface area contributed by atoms with Gasteiger partial charge in [-0.25, -0.2) is 4.39 Å². The summed E-state index contributed by atoms with van der Waals surface area (Å²) in [7, 11) is 0. The van der Waals surface area contributed by atoms with Gasteiger partial charge in [0.25, 0.3) is 0 Å². The van der Waals surface area contributed by atoms with Crippen molar-refractivity contribution in [1.82, 2.24) is 5.32 Å². The van der Waals surface area contributed by atoms with E-state index in [1.165, 1.54) is 12.1 Å². The van der Waals surface area contributed by atoms with Gasteiger partial charge in [-0.1, -0.05) is 22.9 Å². The van der Waals surface area contributed by atoms with Crippen LogP contribution in [-0.2, 0) is 6.54 Å². The summed E-state index contributed by atoms with van der Waals surface area (Å²) in [6, 6.07) is 5.02. The first kappa shape index (κ1) is 13.6. The molecule has 0 spiro atoms. The van der Waals surface area contributed by atoms with E-state index in [4.69, 9.17) is 5.11 Å². The van der Waals surface area contributed by atoms with Crippen LogP contribution in [0, 0.1) is 11.7 Å². The third-order valence-electron chi connectivity index (χ3n) is 2.69. The van der Waals surface area contributed by atoms with Crippen molar-refractivity contribution in [2.75, 3.05) is 6.61 Å². The van der Waals surface area contributed by atoms with Gasteiger partial charge in [0.1, 0.15) is 5.82 Å². The van der Waals surface area contributed by atoms with Gasteiger partial charge in [0.2, 0.25) is 0 Å². The molecule has 0 aromatic heterocycles. The molecule has 0 saturated carbocycles. The number of hydrogen-bond donors (Lipinski definition) is 2. The number of aliphatic hydroxyl groups excluding tert-OH is 1. The van der Waals surface area contributed by atoms with Crippen molar-refractivity contribution in [1.29, 1.82) is 0 Å². The Bertz CT molecular complexity index is 326. The highest BCUT2D eigenvalue weighted by atomic mass is 79.9. The highest BCUT2D eigenvalue weighted by Crippen LogP contribution is 2.15. The first-order chi connectivity index (χ1) is 7.52. The summed E-state index contributed by atoms with van der Waals surface area (Å²) in [5, 5.41) is 12.2. The van der Waals surface area contributed by atoms with Crippen molar-refractivity contribution in [3.63, 3.8) is 0 Å². The molecule has 0 heterocycles. The van der Waals surface area contributed by atoms with E-state index in [9.17, 15) is 4.39 Å². The molecule has 0 amide bonds. The predicted molar refractivity (Wildman–Crippen MR) is 66.7 cm³/mol. The molecular formula is C12H17BrFNO. The van der Waals surface area contributed by atoms with Crippen LogP contribution < -0.4 is 5.32 Å². The largest absolute Gasteiger partial charge is 0.396 e. The lowest BCUT2D eigenvalue weighted by molar-refractivity contribution is 0.207. The highest BCUT2D eigenvalue weighted by Gasteiger charge is 2.10. The third kappa shape index (κ3) is 4.20. The molecule has 16 heavy (non-hydrogen) atoms. The summed E-state index contributed by atoms with van der Waals surface area (Å²) in [6.07, 6.45) is 0. The number of rotatable bonds is 5. The number of hydrogen-bond acceptors (Lipinski definition) is 2. The molecule has 0 radical (unpaired) electrons. The average molecular weight is 290 g/mol. The van der Waals surface area contributed by atoms with Gasteiger partial charge in [0.15, 0.2) is 0 Å². The fourth-order valence-electron chi connectivity index (χ4n) is 1.35. The lowest BCUT2D eigenvalue weighted by Crippen LogP contribution is -2.33. The molecule has 1 aromatic carbocycles. The normalized spacial score (nSPS) is 14.8. The summed E-state index contributed by atoms with van der Waals surface area (Å²) in [4.78, 5) is 0. The number of benzene rings is 1. The van der Waals surface area contributed by atoms with Crippen LogP contribution in [0.2, 0.25) is 0 Å². The van der Waals surface area contributed by atoms with Gasteiger partial charge in [0, 0.05) is 23.7 Å². The molecule has 2 N–H and O–H groups in total. The molecule has 0 aliphatic carbocycles. The zero-order chi connectivity index (χ0) is 12.1. The second kappa shape index (κ2) is 6.33. The molecule has 2 atom stereocenters. The van der Waals surface area contributed by atoms with E-state index in [2.05, 4.69) is 21.2 Å².